The predicted octanol–water partition coefficient (Wildman–Crippen LogP) is 4.51. The highest BCUT2D eigenvalue weighted by Gasteiger charge is 2.15. The second kappa shape index (κ2) is 11.1. The first-order valence-corrected chi connectivity index (χ1v) is 12.1. The number of aromatic nitrogens is 2. The number of nitrogens with one attached hydrogen (secondary N) is 2. The normalized spacial score (nSPS) is 11.2. The zero-order chi connectivity index (χ0) is 24.5. The number of carbonyl (C=O) groups is 1. The SMILES string of the molecule is O=C(C=Cc1ccc(OCc2ccccc2)cc1)Nc1ccc(S(=O)(=O)Nc2ncccn2)cc1. The molecule has 0 aliphatic heterocycles. The smallest absolute Gasteiger partial charge is 0.264 e. The maximum absolute atomic E-state index is 12.4. The Hall–Kier alpha value is -4.50. The fraction of sp³-hybridized carbons (Fsp3) is 0.0385. The van der Waals surface area contributed by atoms with Gasteiger partial charge in [-0.3, -0.25) is 4.79 Å². The molecule has 2 N–H and O–H groups in total. The quantitative estimate of drug-likeness (QED) is 0.337. The Bertz CT molecular complexity index is 1390. The molecule has 4 aromatic rings. The zero-order valence-electron chi connectivity index (χ0n) is 18.5. The van der Waals surface area contributed by atoms with Crippen molar-refractivity contribution in [2.24, 2.45) is 0 Å². The molecule has 0 atom stereocenters. The van der Waals surface area contributed by atoms with Crippen LogP contribution >= 0.6 is 0 Å². The van der Waals surface area contributed by atoms with E-state index in [9.17, 15) is 13.2 Å². The van der Waals surface area contributed by atoms with Crippen molar-refractivity contribution in [1.82, 2.24) is 9.97 Å². The monoisotopic (exact) mass is 486 g/mol. The molecule has 0 radical (unpaired) electrons. The molecule has 0 saturated heterocycles. The second-order valence-electron chi connectivity index (χ2n) is 7.37. The molecule has 176 valence electrons. The molecule has 0 saturated carbocycles. The van der Waals surface area contributed by atoms with Crippen LogP contribution in [-0.2, 0) is 21.4 Å². The van der Waals surface area contributed by atoms with Gasteiger partial charge in [-0.1, -0.05) is 42.5 Å². The van der Waals surface area contributed by atoms with Crippen molar-refractivity contribution in [3.63, 3.8) is 0 Å². The van der Waals surface area contributed by atoms with Crippen molar-refractivity contribution in [3.8, 4) is 5.75 Å². The van der Waals surface area contributed by atoms with E-state index in [1.807, 2.05) is 54.6 Å². The summed E-state index contributed by atoms with van der Waals surface area (Å²) in [6.07, 6.45) is 5.95. The highest BCUT2D eigenvalue weighted by Crippen LogP contribution is 2.17. The Kier molecular flexibility index (Phi) is 7.49. The van der Waals surface area contributed by atoms with Crippen LogP contribution in [0.3, 0.4) is 0 Å². The van der Waals surface area contributed by atoms with Gasteiger partial charge in [0.15, 0.2) is 0 Å². The summed E-state index contributed by atoms with van der Waals surface area (Å²) in [6, 6.07) is 24.6. The van der Waals surface area contributed by atoms with Gasteiger partial charge in [0.05, 0.1) is 4.90 Å². The number of sulfonamides is 1. The van der Waals surface area contributed by atoms with Gasteiger partial charge in [-0.05, 0) is 59.7 Å². The molecule has 0 bridgehead atoms. The minimum Gasteiger partial charge on any atom is -0.489 e. The molecule has 0 spiro atoms. The molecule has 9 heteroatoms. The number of nitrogens with zero attached hydrogens (tertiary/aromatic N) is 2. The van der Waals surface area contributed by atoms with Gasteiger partial charge in [0.1, 0.15) is 12.4 Å². The van der Waals surface area contributed by atoms with Crippen molar-refractivity contribution in [1.29, 1.82) is 0 Å². The number of rotatable bonds is 9. The van der Waals surface area contributed by atoms with Gasteiger partial charge < -0.3 is 10.1 Å². The molecule has 0 fully saturated rings. The van der Waals surface area contributed by atoms with E-state index in [4.69, 9.17) is 4.74 Å². The molecule has 1 heterocycles. The number of carbonyl (C=O) groups excluding carboxylic acids is 1. The molecule has 4 rings (SSSR count). The molecule has 0 unspecified atom stereocenters. The number of anilines is 2. The van der Waals surface area contributed by atoms with Crippen LogP contribution in [0, 0.1) is 0 Å². The molecule has 35 heavy (non-hydrogen) atoms. The molecule has 0 aliphatic rings. The highest BCUT2D eigenvalue weighted by molar-refractivity contribution is 7.92. The lowest BCUT2D eigenvalue weighted by Gasteiger charge is -2.07. The average molecular weight is 487 g/mol. The lowest BCUT2D eigenvalue weighted by atomic mass is 10.2. The molecule has 1 amide bonds. The van der Waals surface area contributed by atoms with E-state index in [1.54, 1.807) is 12.1 Å². The van der Waals surface area contributed by atoms with Gasteiger partial charge in [-0.15, -0.1) is 0 Å². The minimum absolute atomic E-state index is 0.0214. The standard InChI is InChI=1S/C26H22N4O4S/c31-25(16-9-20-7-12-23(13-8-20)34-19-21-5-2-1-3-6-21)29-22-10-14-24(15-11-22)35(32,33)30-26-27-17-4-18-28-26/h1-18H,19H2,(H,29,31)(H,27,28,30). The maximum atomic E-state index is 12.4. The molecule has 0 aliphatic carbocycles. The summed E-state index contributed by atoms with van der Waals surface area (Å²) < 4.78 is 32.9. The average Bonchev–Trinajstić information content (AvgIpc) is 2.88. The maximum Gasteiger partial charge on any atom is 0.264 e. The Balaban J connectivity index is 1.29. The Morgan fingerprint density at radius 3 is 2.23 bits per heavy atom. The Morgan fingerprint density at radius 2 is 1.54 bits per heavy atom. The van der Waals surface area contributed by atoms with Crippen LogP contribution in [0.1, 0.15) is 11.1 Å². The van der Waals surface area contributed by atoms with Crippen molar-refractivity contribution in [2.45, 2.75) is 11.5 Å². The predicted molar refractivity (Wildman–Crippen MR) is 134 cm³/mol. The summed E-state index contributed by atoms with van der Waals surface area (Å²) in [4.78, 5) is 20.0. The molecule has 3 aromatic carbocycles. The first kappa shape index (κ1) is 23.7. The first-order valence-electron chi connectivity index (χ1n) is 10.6. The van der Waals surface area contributed by atoms with E-state index in [0.717, 1.165) is 16.9 Å². The van der Waals surface area contributed by atoms with Crippen molar-refractivity contribution >= 4 is 33.6 Å². The van der Waals surface area contributed by atoms with Crippen LogP contribution in [0.2, 0.25) is 0 Å². The van der Waals surface area contributed by atoms with Gasteiger partial charge >= 0.3 is 0 Å². The molecule has 1 aromatic heterocycles. The Morgan fingerprint density at radius 1 is 0.857 bits per heavy atom. The number of benzene rings is 3. The number of ether oxygens (including phenoxy) is 1. The summed E-state index contributed by atoms with van der Waals surface area (Å²) in [5.41, 5.74) is 2.38. The second-order valence-corrected chi connectivity index (χ2v) is 9.05. The van der Waals surface area contributed by atoms with E-state index in [2.05, 4.69) is 20.0 Å². The van der Waals surface area contributed by atoms with Gasteiger partial charge in [0.2, 0.25) is 11.9 Å². The third-order valence-corrected chi connectivity index (χ3v) is 6.12. The number of hydrogen-bond acceptors (Lipinski definition) is 6. The topological polar surface area (TPSA) is 110 Å². The summed E-state index contributed by atoms with van der Waals surface area (Å²) in [5.74, 6) is 0.366. The number of hydrogen-bond donors (Lipinski definition) is 2. The van der Waals surface area contributed by atoms with E-state index in [0.29, 0.717) is 12.3 Å². The minimum atomic E-state index is -3.84. The van der Waals surface area contributed by atoms with Gasteiger partial charge in [0, 0.05) is 24.2 Å². The lowest BCUT2D eigenvalue weighted by molar-refractivity contribution is -0.111. The summed E-state index contributed by atoms with van der Waals surface area (Å²) in [5, 5.41) is 2.70. The van der Waals surface area contributed by atoms with Gasteiger partial charge in [-0.25, -0.2) is 23.1 Å². The highest BCUT2D eigenvalue weighted by atomic mass is 32.2. The van der Waals surface area contributed by atoms with Crippen LogP contribution in [-0.4, -0.2) is 24.3 Å². The van der Waals surface area contributed by atoms with Gasteiger partial charge in [-0.2, -0.15) is 0 Å². The van der Waals surface area contributed by atoms with Crippen LogP contribution < -0.4 is 14.8 Å². The zero-order valence-corrected chi connectivity index (χ0v) is 19.4. The Labute approximate surface area is 203 Å². The summed E-state index contributed by atoms with van der Waals surface area (Å²) >= 11 is 0. The molecule has 8 nitrogen and oxygen atoms in total. The van der Waals surface area contributed by atoms with Crippen molar-refractivity contribution in [2.75, 3.05) is 10.0 Å². The fourth-order valence-corrected chi connectivity index (χ4v) is 3.98. The van der Waals surface area contributed by atoms with E-state index >= 15 is 0 Å². The largest absolute Gasteiger partial charge is 0.489 e. The summed E-state index contributed by atoms with van der Waals surface area (Å²) in [6.45, 7) is 0.481. The third kappa shape index (κ3) is 6.99. The van der Waals surface area contributed by atoms with E-state index in [-0.39, 0.29) is 16.8 Å². The van der Waals surface area contributed by atoms with Crippen molar-refractivity contribution < 1.29 is 17.9 Å². The lowest BCUT2D eigenvalue weighted by Crippen LogP contribution is -2.15. The fourth-order valence-electron chi connectivity index (χ4n) is 3.02. The van der Waals surface area contributed by atoms with Crippen LogP contribution in [0.4, 0.5) is 11.6 Å². The molecular formula is C26H22N4O4S. The van der Waals surface area contributed by atoms with Crippen molar-refractivity contribution in [3.05, 3.63) is 115 Å². The number of amides is 1. The summed E-state index contributed by atoms with van der Waals surface area (Å²) in [7, 11) is -3.84. The van der Waals surface area contributed by atoms with E-state index in [1.165, 1.54) is 42.7 Å². The first-order chi connectivity index (χ1) is 17.0. The molecular weight excluding hydrogens is 464 g/mol. The van der Waals surface area contributed by atoms with Crippen LogP contribution in [0.25, 0.3) is 6.08 Å². The van der Waals surface area contributed by atoms with Crippen LogP contribution in [0.15, 0.2) is 108 Å². The van der Waals surface area contributed by atoms with Gasteiger partial charge in [0.25, 0.3) is 10.0 Å². The van der Waals surface area contributed by atoms with E-state index < -0.39 is 10.0 Å². The van der Waals surface area contributed by atoms with Crippen LogP contribution in [0.5, 0.6) is 5.75 Å². The third-order valence-electron chi connectivity index (χ3n) is 4.78.